The molecule has 0 unspecified atom stereocenters. The lowest BCUT2D eigenvalue weighted by molar-refractivity contribution is 0.101. The van der Waals surface area contributed by atoms with Gasteiger partial charge in [-0.05, 0) is 24.6 Å². The third-order valence-electron chi connectivity index (χ3n) is 3.05. The Labute approximate surface area is 128 Å². The zero-order valence-electron chi connectivity index (χ0n) is 12.0. The summed E-state index contributed by atoms with van der Waals surface area (Å²) in [5.41, 5.74) is 7.41. The summed E-state index contributed by atoms with van der Waals surface area (Å²) in [4.78, 5) is 12.3. The summed E-state index contributed by atoms with van der Waals surface area (Å²) < 4.78 is 6.98. The van der Waals surface area contributed by atoms with Crippen LogP contribution in [0.2, 0.25) is 5.02 Å². The number of carbonyl (C=O) groups excluding carboxylic acids is 1. The van der Waals surface area contributed by atoms with Crippen LogP contribution in [-0.2, 0) is 6.54 Å². The van der Waals surface area contributed by atoms with Crippen molar-refractivity contribution in [1.29, 1.82) is 0 Å². The number of halogens is 1. The first-order valence-electron chi connectivity index (χ1n) is 6.65. The van der Waals surface area contributed by atoms with E-state index in [-0.39, 0.29) is 5.91 Å². The average Bonchev–Trinajstić information content (AvgIpc) is 2.82. The van der Waals surface area contributed by atoms with E-state index in [4.69, 9.17) is 22.1 Å². The van der Waals surface area contributed by atoms with Gasteiger partial charge >= 0.3 is 0 Å². The lowest BCUT2D eigenvalue weighted by Crippen LogP contribution is -2.16. The van der Waals surface area contributed by atoms with E-state index in [0.29, 0.717) is 27.8 Å². The molecular formula is C15H18ClN3O2. The average molecular weight is 308 g/mol. The number of anilines is 2. The molecule has 1 amide bonds. The van der Waals surface area contributed by atoms with Crippen molar-refractivity contribution in [1.82, 2.24) is 4.57 Å². The van der Waals surface area contributed by atoms with Crippen molar-refractivity contribution in [3.8, 4) is 5.75 Å². The number of benzene rings is 1. The van der Waals surface area contributed by atoms with Gasteiger partial charge in [-0.25, -0.2) is 0 Å². The third kappa shape index (κ3) is 3.49. The number of hydrogen-bond donors (Lipinski definition) is 2. The van der Waals surface area contributed by atoms with Crippen molar-refractivity contribution >= 4 is 28.9 Å². The van der Waals surface area contributed by atoms with Crippen molar-refractivity contribution in [2.24, 2.45) is 0 Å². The maximum Gasteiger partial charge on any atom is 0.272 e. The van der Waals surface area contributed by atoms with E-state index < -0.39 is 0 Å². The Morgan fingerprint density at radius 2 is 2.19 bits per heavy atom. The first kappa shape index (κ1) is 15.3. The van der Waals surface area contributed by atoms with Gasteiger partial charge in [0.25, 0.3) is 5.91 Å². The molecule has 3 N–H and O–H groups in total. The fraction of sp³-hybridized carbons (Fsp3) is 0.267. The van der Waals surface area contributed by atoms with Crippen LogP contribution in [0.15, 0.2) is 30.5 Å². The standard InChI is InChI=1S/C15H18ClN3O2/c1-3-6-19-9-10(16)7-13(19)15(20)18-11-4-5-12(17)14(8-11)21-2/h4-5,7-9H,3,6,17H2,1-2H3,(H,18,20). The van der Waals surface area contributed by atoms with E-state index in [0.717, 1.165) is 13.0 Å². The van der Waals surface area contributed by atoms with Crippen LogP contribution in [0.5, 0.6) is 5.75 Å². The fourth-order valence-electron chi connectivity index (χ4n) is 2.08. The van der Waals surface area contributed by atoms with Crippen molar-refractivity contribution in [2.75, 3.05) is 18.2 Å². The smallest absolute Gasteiger partial charge is 0.272 e. The van der Waals surface area contributed by atoms with E-state index in [1.807, 2.05) is 11.5 Å². The highest BCUT2D eigenvalue weighted by molar-refractivity contribution is 6.31. The van der Waals surface area contributed by atoms with Crippen molar-refractivity contribution in [3.05, 3.63) is 41.2 Å². The molecule has 0 atom stereocenters. The van der Waals surface area contributed by atoms with E-state index >= 15 is 0 Å². The lowest BCUT2D eigenvalue weighted by Gasteiger charge is -2.10. The second-order valence-corrected chi connectivity index (χ2v) is 5.08. The second-order valence-electron chi connectivity index (χ2n) is 4.65. The van der Waals surface area contributed by atoms with Crippen molar-refractivity contribution < 1.29 is 9.53 Å². The predicted octanol–water partition coefficient (Wildman–Crippen LogP) is 3.39. The minimum atomic E-state index is -0.220. The van der Waals surface area contributed by atoms with Crippen LogP contribution < -0.4 is 15.8 Å². The topological polar surface area (TPSA) is 69.3 Å². The molecule has 0 bridgehead atoms. The van der Waals surface area contributed by atoms with Crippen LogP contribution >= 0.6 is 11.6 Å². The summed E-state index contributed by atoms with van der Waals surface area (Å²) in [6.07, 6.45) is 2.67. The maximum absolute atomic E-state index is 12.3. The van der Waals surface area contributed by atoms with Gasteiger partial charge in [-0.3, -0.25) is 4.79 Å². The number of carbonyl (C=O) groups is 1. The molecule has 21 heavy (non-hydrogen) atoms. The molecule has 2 rings (SSSR count). The molecule has 0 fully saturated rings. The summed E-state index contributed by atoms with van der Waals surface area (Å²) in [5, 5.41) is 3.36. The largest absolute Gasteiger partial charge is 0.495 e. The number of nitrogen functional groups attached to an aromatic ring is 1. The van der Waals surface area contributed by atoms with Crippen LogP contribution in [-0.4, -0.2) is 17.6 Å². The minimum Gasteiger partial charge on any atom is -0.495 e. The maximum atomic E-state index is 12.3. The second kappa shape index (κ2) is 6.54. The Hall–Kier alpha value is -2.14. The highest BCUT2D eigenvalue weighted by Gasteiger charge is 2.13. The first-order valence-corrected chi connectivity index (χ1v) is 7.03. The van der Waals surface area contributed by atoms with Crippen LogP contribution in [0, 0.1) is 0 Å². The molecule has 1 heterocycles. The normalized spacial score (nSPS) is 10.4. The molecule has 1 aromatic heterocycles. The van der Waals surface area contributed by atoms with Crippen LogP contribution in [0.3, 0.4) is 0 Å². The molecule has 0 saturated carbocycles. The number of methoxy groups -OCH3 is 1. The zero-order chi connectivity index (χ0) is 15.4. The number of nitrogens with zero attached hydrogens (tertiary/aromatic N) is 1. The molecule has 0 spiro atoms. The van der Waals surface area contributed by atoms with E-state index in [2.05, 4.69) is 5.32 Å². The van der Waals surface area contributed by atoms with Gasteiger partial charge in [-0.15, -0.1) is 0 Å². The number of nitrogens with one attached hydrogen (secondary N) is 1. The Kier molecular flexibility index (Phi) is 4.75. The van der Waals surface area contributed by atoms with Gasteiger partial charge < -0.3 is 20.4 Å². The summed E-state index contributed by atoms with van der Waals surface area (Å²) >= 11 is 5.98. The van der Waals surface area contributed by atoms with E-state index in [9.17, 15) is 4.79 Å². The van der Waals surface area contributed by atoms with Crippen LogP contribution in [0.1, 0.15) is 23.8 Å². The van der Waals surface area contributed by atoms with E-state index in [1.165, 1.54) is 7.11 Å². The Bertz CT molecular complexity index is 652. The molecule has 2 aromatic rings. The molecule has 0 aliphatic carbocycles. The SMILES string of the molecule is CCCn1cc(Cl)cc1C(=O)Nc1ccc(N)c(OC)c1. The molecule has 0 aliphatic heterocycles. The quantitative estimate of drug-likeness (QED) is 0.832. The number of aryl methyl sites for hydroxylation is 1. The monoisotopic (exact) mass is 307 g/mol. The lowest BCUT2D eigenvalue weighted by atomic mass is 10.2. The summed E-state index contributed by atoms with van der Waals surface area (Å²) in [6.45, 7) is 2.78. The highest BCUT2D eigenvalue weighted by atomic mass is 35.5. The van der Waals surface area contributed by atoms with Gasteiger partial charge in [-0.1, -0.05) is 18.5 Å². The first-order chi connectivity index (χ1) is 10.0. The van der Waals surface area contributed by atoms with Gasteiger partial charge in [0.2, 0.25) is 0 Å². The van der Waals surface area contributed by atoms with Gasteiger partial charge in [0.15, 0.2) is 0 Å². The number of hydrogen-bond acceptors (Lipinski definition) is 3. The summed E-state index contributed by atoms with van der Waals surface area (Å²) in [6, 6.07) is 6.75. The van der Waals surface area contributed by atoms with Gasteiger partial charge in [-0.2, -0.15) is 0 Å². The number of rotatable bonds is 5. The molecule has 0 radical (unpaired) electrons. The molecule has 0 aliphatic rings. The third-order valence-corrected chi connectivity index (χ3v) is 3.26. The molecule has 6 heteroatoms. The van der Waals surface area contributed by atoms with Gasteiger partial charge in [0.1, 0.15) is 11.4 Å². The van der Waals surface area contributed by atoms with Gasteiger partial charge in [0, 0.05) is 24.5 Å². The molecule has 112 valence electrons. The summed E-state index contributed by atoms with van der Waals surface area (Å²) in [5.74, 6) is 0.303. The predicted molar refractivity (Wildman–Crippen MR) is 85.1 cm³/mol. The number of aromatic nitrogens is 1. The van der Waals surface area contributed by atoms with Crippen molar-refractivity contribution in [3.63, 3.8) is 0 Å². The molecular weight excluding hydrogens is 290 g/mol. The molecule has 1 aromatic carbocycles. The number of ether oxygens (including phenoxy) is 1. The number of amides is 1. The van der Waals surface area contributed by atoms with E-state index in [1.54, 1.807) is 30.5 Å². The fourth-order valence-corrected chi connectivity index (χ4v) is 2.30. The van der Waals surface area contributed by atoms with Crippen LogP contribution in [0.4, 0.5) is 11.4 Å². The zero-order valence-corrected chi connectivity index (χ0v) is 12.8. The number of nitrogens with two attached hydrogens (primary N) is 1. The Morgan fingerprint density at radius 3 is 2.86 bits per heavy atom. The highest BCUT2D eigenvalue weighted by Crippen LogP contribution is 2.25. The van der Waals surface area contributed by atoms with Crippen molar-refractivity contribution in [2.45, 2.75) is 19.9 Å². The summed E-state index contributed by atoms with van der Waals surface area (Å²) in [7, 11) is 1.53. The molecule has 0 saturated heterocycles. The van der Waals surface area contributed by atoms with Crippen LogP contribution in [0.25, 0.3) is 0 Å². The Balaban J connectivity index is 2.21. The Morgan fingerprint density at radius 1 is 1.43 bits per heavy atom. The minimum absolute atomic E-state index is 0.220. The van der Waals surface area contributed by atoms with Gasteiger partial charge in [0.05, 0.1) is 17.8 Å². The molecule has 5 nitrogen and oxygen atoms in total.